The van der Waals surface area contributed by atoms with Crippen LogP contribution < -0.4 is 9.46 Å². The van der Waals surface area contributed by atoms with Crippen molar-refractivity contribution in [3.05, 3.63) is 40.0 Å². The van der Waals surface area contributed by atoms with Crippen LogP contribution >= 0.6 is 22.9 Å². The zero-order valence-electron chi connectivity index (χ0n) is 11.6. The number of aromatic nitrogens is 1. The van der Waals surface area contributed by atoms with Crippen molar-refractivity contribution in [2.45, 2.75) is 18.1 Å². The molecule has 0 spiro atoms. The lowest BCUT2D eigenvalue weighted by molar-refractivity contribution is 0.322. The van der Waals surface area contributed by atoms with Crippen molar-refractivity contribution in [2.24, 2.45) is 0 Å². The van der Waals surface area contributed by atoms with Crippen LogP contribution in [0, 0.1) is 13.8 Å². The first kappa shape index (κ1) is 16.2. The van der Waals surface area contributed by atoms with Gasteiger partial charge in [-0.25, -0.2) is 18.1 Å². The Labute approximate surface area is 133 Å². The van der Waals surface area contributed by atoms with E-state index in [-0.39, 0.29) is 21.8 Å². The molecular formula is C13H15ClN2O3S2. The van der Waals surface area contributed by atoms with Crippen LogP contribution in [0.3, 0.4) is 0 Å². The lowest BCUT2D eigenvalue weighted by atomic mass is 10.2. The maximum atomic E-state index is 12.1. The fraction of sp³-hybridized carbons (Fsp3) is 0.308. The van der Waals surface area contributed by atoms with Crippen LogP contribution in [0.25, 0.3) is 0 Å². The van der Waals surface area contributed by atoms with E-state index in [0.29, 0.717) is 11.4 Å². The maximum absolute atomic E-state index is 12.1. The van der Waals surface area contributed by atoms with Crippen LogP contribution in [0.15, 0.2) is 28.5 Å². The summed E-state index contributed by atoms with van der Waals surface area (Å²) in [6.07, 6.45) is 0. The molecule has 0 bridgehead atoms. The van der Waals surface area contributed by atoms with Gasteiger partial charge in [0.2, 0.25) is 0 Å². The molecule has 0 aliphatic rings. The monoisotopic (exact) mass is 346 g/mol. The number of nitrogens with zero attached hydrogens (tertiary/aromatic N) is 1. The third-order valence-electron chi connectivity index (χ3n) is 2.62. The first-order valence-corrected chi connectivity index (χ1v) is 8.88. The third-order valence-corrected chi connectivity index (χ3v) is 5.96. The first-order valence-electron chi connectivity index (χ1n) is 6.20. The number of ether oxygens (including phenoxy) is 1. The average molecular weight is 347 g/mol. The molecule has 1 aromatic carbocycles. The zero-order valence-corrected chi connectivity index (χ0v) is 14.0. The highest BCUT2D eigenvalue weighted by Crippen LogP contribution is 2.26. The Bertz CT molecular complexity index is 729. The predicted octanol–water partition coefficient (Wildman–Crippen LogP) is 2.77. The van der Waals surface area contributed by atoms with Crippen LogP contribution in [-0.2, 0) is 10.0 Å². The molecule has 1 N–H and O–H groups in total. The van der Waals surface area contributed by atoms with Gasteiger partial charge in [0.1, 0.15) is 12.4 Å². The van der Waals surface area contributed by atoms with E-state index < -0.39 is 10.0 Å². The van der Waals surface area contributed by atoms with Crippen LogP contribution in [0.2, 0.25) is 4.47 Å². The number of hydrogen-bond acceptors (Lipinski definition) is 5. The number of nitrogens with one attached hydrogen (secondary N) is 1. The fourth-order valence-corrected chi connectivity index (χ4v) is 4.51. The van der Waals surface area contributed by atoms with E-state index in [2.05, 4.69) is 9.71 Å². The highest BCUT2D eigenvalue weighted by molar-refractivity contribution is 7.91. The lowest BCUT2D eigenvalue weighted by Crippen LogP contribution is -2.28. The smallest absolute Gasteiger partial charge is 0.252 e. The van der Waals surface area contributed by atoms with Crippen LogP contribution in [-0.4, -0.2) is 26.6 Å². The van der Waals surface area contributed by atoms with Gasteiger partial charge in [-0.15, -0.1) is 0 Å². The van der Waals surface area contributed by atoms with Gasteiger partial charge in [0.05, 0.1) is 5.69 Å². The molecule has 0 amide bonds. The first-order chi connectivity index (χ1) is 9.88. The Hall–Kier alpha value is -1.15. The van der Waals surface area contributed by atoms with E-state index in [9.17, 15) is 8.42 Å². The molecule has 0 saturated heterocycles. The molecule has 8 heteroatoms. The van der Waals surface area contributed by atoms with E-state index >= 15 is 0 Å². The number of thiazole rings is 1. The highest BCUT2D eigenvalue weighted by atomic mass is 35.5. The maximum Gasteiger partial charge on any atom is 0.252 e. The SMILES string of the molecule is Cc1cccc(OCCNS(=O)(=O)c2sc(Cl)nc2C)c1. The highest BCUT2D eigenvalue weighted by Gasteiger charge is 2.20. The molecule has 0 aliphatic carbocycles. The van der Waals surface area contributed by atoms with Gasteiger partial charge in [-0.1, -0.05) is 35.1 Å². The molecule has 2 aromatic rings. The second-order valence-corrected chi connectivity index (χ2v) is 7.95. The third kappa shape index (κ3) is 4.41. The van der Waals surface area contributed by atoms with Gasteiger partial charge in [0.15, 0.2) is 8.68 Å². The van der Waals surface area contributed by atoms with E-state index in [1.165, 1.54) is 0 Å². The second kappa shape index (κ2) is 6.74. The standard InChI is InChI=1S/C13H15ClN2O3S2/c1-9-4-3-5-11(8-9)19-7-6-15-21(17,18)12-10(2)16-13(14)20-12/h3-5,8,15H,6-7H2,1-2H3. The van der Waals surface area contributed by atoms with Crippen LogP contribution in [0.5, 0.6) is 5.75 Å². The van der Waals surface area contributed by atoms with Gasteiger partial charge in [0.25, 0.3) is 10.0 Å². The zero-order chi connectivity index (χ0) is 15.5. The molecule has 0 fully saturated rings. The fourth-order valence-electron chi connectivity index (χ4n) is 1.72. The number of benzene rings is 1. The van der Waals surface area contributed by atoms with Crippen molar-refractivity contribution in [3.63, 3.8) is 0 Å². The summed E-state index contributed by atoms with van der Waals surface area (Å²) in [7, 11) is -3.59. The van der Waals surface area contributed by atoms with Gasteiger partial charge < -0.3 is 4.74 Å². The summed E-state index contributed by atoms with van der Waals surface area (Å²) >= 11 is 6.66. The molecule has 1 heterocycles. The number of aryl methyl sites for hydroxylation is 2. The Kier molecular flexibility index (Phi) is 5.21. The summed E-state index contributed by atoms with van der Waals surface area (Å²) in [6, 6.07) is 7.57. The van der Waals surface area contributed by atoms with E-state index in [1.807, 2.05) is 31.2 Å². The van der Waals surface area contributed by atoms with Gasteiger partial charge in [-0.05, 0) is 31.5 Å². The lowest BCUT2D eigenvalue weighted by Gasteiger charge is -2.08. The Balaban J connectivity index is 1.89. The normalized spacial score (nSPS) is 11.6. The minimum Gasteiger partial charge on any atom is -0.492 e. The largest absolute Gasteiger partial charge is 0.492 e. The van der Waals surface area contributed by atoms with Crippen molar-refractivity contribution in [1.29, 1.82) is 0 Å². The van der Waals surface area contributed by atoms with Crippen molar-refractivity contribution in [2.75, 3.05) is 13.2 Å². The van der Waals surface area contributed by atoms with Crippen LogP contribution in [0.4, 0.5) is 0 Å². The van der Waals surface area contributed by atoms with Gasteiger partial charge in [-0.2, -0.15) is 0 Å². The quantitative estimate of drug-likeness (QED) is 0.817. The molecular weight excluding hydrogens is 332 g/mol. The van der Waals surface area contributed by atoms with Gasteiger partial charge in [-0.3, -0.25) is 0 Å². The molecule has 0 radical (unpaired) electrons. The minimum atomic E-state index is -3.59. The summed E-state index contributed by atoms with van der Waals surface area (Å²) in [6.45, 7) is 3.99. The summed E-state index contributed by atoms with van der Waals surface area (Å²) in [5.74, 6) is 0.714. The van der Waals surface area contributed by atoms with E-state index in [4.69, 9.17) is 16.3 Å². The summed E-state index contributed by atoms with van der Waals surface area (Å²) in [4.78, 5) is 3.90. The van der Waals surface area contributed by atoms with Crippen molar-refractivity contribution < 1.29 is 13.2 Å². The summed E-state index contributed by atoms with van der Waals surface area (Å²) in [5, 5.41) is 0. The molecule has 1 aromatic heterocycles. The Morgan fingerprint density at radius 3 is 2.76 bits per heavy atom. The molecule has 2 rings (SSSR count). The van der Waals surface area contributed by atoms with Gasteiger partial charge >= 0.3 is 0 Å². The predicted molar refractivity (Wildman–Crippen MR) is 83.7 cm³/mol. The topological polar surface area (TPSA) is 68.3 Å². The minimum absolute atomic E-state index is 0.142. The van der Waals surface area contributed by atoms with Crippen molar-refractivity contribution >= 4 is 33.0 Å². The number of rotatable bonds is 6. The molecule has 0 atom stereocenters. The molecule has 0 unspecified atom stereocenters. The Morgan fingerprint density at radius 2 is 2.14 bits per heavy atom. The molecule has 0 aliphatic heterocycles. The van der Waals surface area contributed by atoms with E-state index in [1.54, 1.807) is 6.92 Å². The Morgan fingerprint density at radius 1 is 1.38 bits per heavy atom. The van der Waals surface area contributed by atoms with Crippen molar-refractivity contribution in [3.8, 4) is 5.75 Å². The van der Waals surface area contributed by atoms with E-state index in [0.717, 1.165) is 16.9 Å². The summed E-state index contributed by atoms with van der Waals surface area (Å²) < 4.78 is 32.5. The molecule has 114 valence electrons. The molecule has 0 saturated carbocycles. The summed E-state index contributed by atoms with van der Waals surface area (Å²) in [5.41, 5.74) is 1.49. The van der Waals surface area contributed by atoms with Crippen LogP contribution in [0.1, 0.15) is 11.3 Å². The molecule has 5 nitrogen and oxygen atoms in total. The average Bonchev–Trinajstić information content (AvgIpc) is 2.75. The number of halogens is 1. The number of hydrogen-bond donors (Lipinski definition) is 1. The van der Waals surface area contributed by atoms with Crippen molar-refractivity contribution in [1.82, 2.24) is 9.71 Å². The van der Waals surface area contributed by atoms with Gasteiger partial charge in [0, 0.05) is 6.54 Å². The molecule has 21 heavy (non-hydrogen) atoms. The number of sulfonamides is 1. The second-order valence-electron chi connectivity index (χ2n) is 4.40.